The molecule has 0 unspecified atom stereocenters. The Kier molecular flexibility index (Phi) is 3.99. The SMILES string of the molecule is CC.Cc1ccc2c(c1)CCCN2C. The smallest absolute Gasteiger partial charge is 0.0396 e. The van der Waals surface area contributed by atoms with E-state index in [0.717, 1.165) is 0 Å². The Balaban J connectivity index is 0.000000461. The highest BCUT2D eigenvalue weighted by molar-refractivity contribution is 5.55. The molecule has 0 saturated carbocycles. The molecule has 78 valence electrons. The number of benzene rings is 1. The number of aryl methyl sites for hydroxylation is 2. The number of anilines is 1. The molecule has 0 fully saturated rings. The average molecular weight is 191 g/mol. The van der Waals surface area contributed by atoms with Crippen molar-refractivity contribution < 1.29 is 0 Å². The van der Waals surface area contributed by atoms with Crippen molar-refractivity contribution in [2.75, 3.05) is 18.5 Å². The first-order valence-corrected chi connectivity index (χ1v) is 5.58. The third kappa shape index (κ3) is 2.28. The van der Waals surface area contributed by atoms with Crippen molar-refractivity contribution in [2.24, 2.45) is 0 Å². The molecular weight excluding hydrogens is 170 g/mol. The second-order valence-electron chi connectivity index (χ2n) is 3.66. The maximum absolute atomic E-state index is 2.35. The van der Waals surface area contributed by atoms with Crippen molar-refractivity contribution in [3.05, 3.63) is 29.3 Å². The summed E-state index contributed by atoms with van der Waals surface area (Å²) >= 11 is 0. The first kappa shape index (κ1) is 11.1. The van der Waals surface area contributed by atoms with Crippen molar-refractivity contribution in [1.29, 1.82) is 0 Å². The molecule has 0 N–H and O–H groups in total. The fourth-order valence-corrected chi connectivity index (χ4v) is 1.91. The summed E-state index contributed by atoms with van der Waals surface area (Å²) in [6.45, 7) is 7.37. The van der Waals surface area contributed by atoms with Crippen LogP contribution in [0.1, 0.15) is 31.4 Å². The molecule has 0 aromatic heterocycles. The van der Waals surface area contributed by atoms with Gasteiger partial charge in [0.25, 0.3) is 0 Å². The molecule has 1 aromatic carbocycles. The zero-order chi connectivity index (χ0) is 10.6. The van der Waals surface area contributed by atoms with E-state index in [9.17, 15) is 0 Å². The minimum Gasteiger partial charge on any atom is -0.374 e. The Bertz CT molecular complexity index is 291. The quantitative estimate of drug-likeness (QED) is 0.607. The first-order chi connectivity index (χ1) is 6.77. The van der Waals surface area contributed by atoms with E-state index < -0.39 is 0 Å². The zero-order valence-corrected chi connectivity index (χ0v) is 9.80. The third-order valence-electron chi connectivity index (χ3n) is 2.59. The van der Waals surface area contributed by atoms with E-state index in [0.29, 0.717) is 0 Å². The van der Waals surface area contributed by atoms with Crippen LogP contribution in [0.15, 0.2) is 18.2 Å². The summed E-state index contributed by atoms with van der Waals surface area (Å²) in [7, 11) is 2.17. The van der Waals surface area contributed by atoms with E-state index in [-0.39, 0.29) is 0 Å². The van der Waals surface area contributed by atoms with E-state index in [1.807, 2.05) is 13.8 Å². The van der Waals surface area contributed by atoms with E-state index in [1.54, 1.807) is 0 Å². The summed E-state index contributed by atoms with van der Waals surface area (Å²) in [6, 6.07) is 6.75. The molecule has 1 heterocycles. The molecule has 0 bridgehead atoms. The van der Waals surface area contributed by atoms with Crippen LogP contribution < -0.4 is 4.90 Å². The van der Waals surface area contributed by atoms with Crippen molar-refractivity contribution >= 4 is 5.69 Å². The predicted molar refractivity (Wildman–Crippen MR) is 64.1 cm³/mol. The maximum Gasteiger partial charge on any atom is 0.0396 e. The molecule has 0 saturated heterocycles. The van der Waals surface area contributed by atoms with Crippen molar-refractivity contribution in [1.82, 2.24) is 0 Å². The van der Waals surface area contributed by atoms with Crippen LogP contribution >= 0.6 is 0 Å². The molecule has 0 spiro atoms. The topological polar surface area (TPSA) is 3.24 Å². The highest BCUT2D eigenvalue weighted by Gasteiger charge is 2.12. The second kappa shape index (κ2) is 5.04. The monoisotopic (exact) mass is 191 g/mol. The predicted octanol–water partition coefficient (Wildman–Crippen LogP) is 3.40. The van der Waals surface area contributed by atoms with Gasteiger partial charge in [-0.2, -0.15) is 0 Å². The summed E-state index contributed by atoms with van der Waals surface area (Å²) in [4.78, 5) is 2.35. The fourth-order valence-electron chi connectivity index (χ4n) is 1.91. The van der Waals surface area contributed by atoms with Gasteiger partial charge in [-0.15, -0.1) is 0 Å². The van der Waals surface area contributed by atoms with Gasteiger partial charge in [0.1, 0.15) is 0 Å². The summed E-state index contributed by atoms with van der Waals surface area (Å²) in [5.74, 6) is 0. The van der Waals surface area contributed by atoms with Crippen LogP contribution in [0.2, 0.25) is 0 Å². The van der Waals surface area contributed by atoms with Crippen LogP contribution in [0.5, 0.6) is 0 Å². The van der Waals surface area contributed by atoms with Crippen molar-refractivity contribution in [2.45, 2.75) is 33.6 Å². The molecule has 0 aliphatic carbocycles. The van der Waals surface area contributed by atoms with Crippen LogP contribution in [-0.2, 0) is 6.42 Å². The summed E-state index contributed by atoms with van der Waals surface area (Å²) in [5, 5.41) is 0. The van der Waals surface area contributed by atoms with E-state index in [1.165, 1.54) is 36.2 Å². The van der Waals surface area contributed by atoms with E-state index in [4.69, 9.17) is 0 Å². The van der Waals surface area contributed by atoms with Crippen LogP contribution in [0.3, 0.4) is 0 Å². The molecule has 0 atom stereocenters. The standard InChI is InChI=1S/C11H15N.C2H6/c1-9-5-6-11-10(8-9)4-3-7-12(11)2;1-2/h5-6,8H,3-4,7H2,1-2H3;1-2H3. The number of rotatable bonds is 0. The number of nitrogens with zero attached hydrogens (tertiary/aromatic N) is 1. The molecule has 1 nitrogen and oxygen atoms in total. The van der Waals surface area contributed by atoms with Crippen LogP contribution in [0, 0.1) is 6.92 Å². The summed E-state index contributed by atoms with van der Waals surface area (Å²) in [5.41, 5.74) is 4.32. The molecule has 1 heteroatoms. The Morgan fingerprint density at radius 3 is 2.64 bits per heavy atom. The van der Waals surface area contributed by atoms with Gasteiger partial charge in [0.2, 0.25) is 0 Å². The molecule has 0 radical (unpaired) electrons. The van der Waals surface area contributed by atoms with Gasteiger partial charge < -0.3 is 4.90 Å². The first-order valence-electron chi connectivity index (χ1n) is 5.58. The molecule has 1 aliphatic heterocycles. The average Bonchev–Trinajstić information content (AvgIpc) is 2.21. The van der Waals surface area contributed by atoms with Gasteiger partial charge in [-0.25, -0.2) is 0 Å². The molecule has 14 heavy (non-hydrogen) atoms. The minimum absolute atomic E-state index is 1.20. The van der Waals surface area contributed by atoms with Gasteiger partial charge in [-0.3, -0.25) is 0 Å². The maximum atomic E-state index is 2.35. The molecule has 1 aromatic rings. The third-order valence-corrected chi connectivity index (χ3v) is 2.59. The highest BCUT2D eigenvalue weighted by atomic mass is 15.1. The van der Waals surface area contributed by atoms with Crippen LogP contribution in [0.25, 0.3) is 0 Å². The van der Waals surface area contributed by atoms with Crippen molar-refractivity contribution in [3.63, 3.8) is 0 Å². The van der Waals surface area contributed by atoms with Gasteiger partial charge in [-0.1, -0.05) is 31.5 Å². The Hall–Kier alpha value is -0.980. The fraction of sp³-hybridized carbons (Fsp3) is 0.538. The van der Waals surface area contributed by atoms with Crippen LogP contribution in [-0.4, -0.2) is 13.6 Å². The zero-order valence-electron chi connectivity index (χ0n) is 9.80. The minimum atomic E-state index is 1.20. The summed E-state index contributed by atoms with van der Waals surface area (Å²) < 4.78 is 0. The number of hydrogen-bond acceptors (Lipinski definition) is 1. The lowest BCUT2D eigenvalue weighted by Gasteiger charge is -2.27. The molecule has 1 aliphatic rings. The Morgan fingerprint density at radius 1 is 1.21 bits per heavy atom. The lowest BCUT2D eigenvalue weighted by molar-refractivity contribution is 0.744. The van der Waals surface area contributed by atoms with Crippen LogP contribution in [0.4, 0.5) is 5.69 Å². The summed E-state index contributed by atoms with van der Waals surface area (Å²) in [6.07, 6.45) is 2.55. The lowest BCUT2D eigenvalue weighted by Crippen LogP contribution is -2.24. The number of fused-ring (bicyclic) bond motifs is 1. The van der Waals surface area contributed by atoms with Gasteiger partial charge in [0.05, 0.1) is 0 Å². The van der Waals surface area contributed by atoms with Gasteiger partial charge in [-0.05, 0) is 31.4 Å². The Morgan fingerprint density at radius 2 is 1.93 bits per heavy atom. The molecule has 0 amide bonds. The highest BCUT2D eigenvalue weighted by Crippen LogP contribution is 2.26. The second-order valence-corrected chi connectivity index (χ2v) is 3.66. The Labute approximate surface area is 87.7 Å². The number of hydrogen-bond donors (Lipinski definition) is 0. The van der Waals surface area contributed by atoms with E-state index in [2.05, 4.69) is 37.1 Å². The van der Waals surface area contributed by atoms with Crippen molar-refractivity contribution in [3.8, 4) is 0 Å². The van der Waals surface area contributed by atoms with Gasteiger partial charge in [0.15, 0.2) is 0 Å². The van der Waals surface area contributed by atoms with Gasteiger partial charge in [0, 0.05) is 19.3 Å². The lowest BCUT2D eigenvalue weighted by atomic mass is 10.0. The molecule has 2 rings (SSSR count). The normalized spacial score (nSPS) is 14.1. The molecular formula is C13H21N. The van der Waals surface area contributed by atoms with E-state index >= 15 is 0 Å². The van der Waals surface area contributed by atoms with Gasteiger partial charge >= 0.3 is 0 Å². The largest absolute Gasteiger partial charge is 0.374 e.